The molecule has 0 aliphatic carbocycles. The van der Waals surface area contributed by atoms with Crippen molar-refractivity contribution in [3.63, 3.8) is 0 Å². The smallest absolute Gasteiger partial charge is 0.119 e. The van der Waals surface area contributed by atoms with Gasteiger partial charge in [-0.2, -0.15) is 0 Å². The molecule has 0 radical (unpaired) electrons. The third-order valence-corrected chi connectivity index (χ3v) is 4.75. The lowest BCUT2D eigenvalue weighted by Crippen LogP contribution is -2.03. The van der Waals surface area contributed by atoms with E-state index in [1.54, 1.807) is 0 Å². The maximum absolute atomic E-state index is 5.41. The van der Waals surface area contributed by atoms with E-state index in [2.05, 4.69) is 33.1 Å². The number of rotatable bonds is 4. The van der Waals surface area contributed by atoms with Crippen LogP contribution < -0.4 is 4.74 Å². The number of alkyl halides is 1. The van der Waals surface area contributed by atoms with Crippen molar-refractivity contribution in [1.82, 2.24) is 0 Å². The van der Waals surface area contributed by atoms with Crippen molar-refractivity contribution >= 4 is 49.7 Å². The minimum atomic E-state index is 0. The Hall–Kier alpha value is -0.000000000000000111. The molecule has 17 heavy (non-hydrogen) atoms. The molecule has 1 aromatic carbocycles. The summed E-state index contributed by atoms with van der Waals surface area (Å²) >= 11 is 5.34. The van der Waals surface area contributed by atoms with Gasteiger partial charge in [0.2, 0.25) is 0 Å². The van der Waals surface area contributed by atoms with Crippen LogP contribution in [0.5, 0.6) is 5.75 Å². The van der Waals surface area contributed by atoms with Crippen molar-refractivity contribution in [3.05, 3.63) is 29.8 Å². The number of hydrogen-bond acceptors (Lipinski definition) is 3. The molecule has 0 fully saturated rings. The molecule has 0 N–H and O–H groups in total. The van der Waals surface area contributed by atoms with Crippen molar-refractivity contribution < 1.29 is 4.74 Å². The van der Waals surface area contributed by atoms with Crippen molar-refractivity contribution in [3.8, 4) is 5.75 Å². The Bertz CT molecular complexity index is 381. The van der Waals surface area contributed by atoms with E-state index < -0.39 is 0 Å². The molecule has 1 aromatic rings. The zero-order chi connectivity index (χ0) is 11.4. The van der Waals surface area contributed by atoms with Crippen LogP contribution in [-0.4, -0.2) is 28.8 Å². The number of aliphatic imine (C=N–C) groups is 1. The minimum absolute atomic E-state index is 0. The topological polar surface area (TPSA) is 21.6 Å². The Morgan fingerprint density at radius 1 is 1.41 bits per heavy atom. The monoisotopic (exact) mass is 379 g/mol. The van der Waals surface area contributed by atoms with Gasteiger partial charge in [0.25, 0.3) is 0 Å². The lowest BCUT2D eigenvalue weighted by atomic mass is 10.2. The van der Waals surface area contributed by atoms with E-state index in [0.717, 1.165) is 22.7 Å². The van der Waals surface area contributed by atoms with Crippen LogP contribution in [0.3, 0.4) is 0 Å². The van der Waals surface area contributed by atoms with Gasteiger partial charge in [-0.15, -0.1) is 28.7 Å². The molecule has 0 aromatic heterocycles. The molecule has 5 heteroatoms. The number of ether oxygens (including phenoxy) is 1. The van der Waals surface area contributed by atoms with Crippen LogP contribution in [0.25, 0.3) is 0 Å². The van der Waals surface area contributed by atoms with E-state index in [1.807, 2.05) is 30.8 Å². The van der Waals surface area contributed by atoms with E-state index in [1.165, 1.54) is 5.56 Å². The Labute approximate surface area is 125 Å². The first-order valence-corrected chi connectivity index (χ1v) is 7.34. The summed E-state index contributed by atoms with van der Waals surface area (Å²) in [6, 6.07) is 8.16. The van der Waals surface area contributed by atoms with Crippen LogP contribution in [0, 0.1) is 0 Å². The molecule has 94 valence electrons. The highest BCUT2D eigenvalue weighted by Gasteiger charge is 2.19. The highest BCUT2D eigenvalue weighted by Crippen LogP contribution is 2.27. The van der Waals surface area contributed by atoms with Crippen LogP contribution in [0.15, 0.2) is 29.3 Å². The second kappa shape index (κ2) is 7.44. The number of nitrogens with zero attached hydrogens (tertiary/aromatic N) is 1. The molecule has 2 nitrogen and oxygen atoms in total. The van der Waals surface area contributed by atoms with Crippen LogP contribution in [-0.2, 0) is 0 Å². The molecule has 1 heterocycles. The van der Waals surface area contributed by atoms with Crippen LogP contribution in [0.1, 0.15) is 12.5 Å². The molecular formula is C12H15Br2NOS. The van der Waals surface area contributed by atoms with E-state index in [-0.39, 0.29) is 17.0 Å². The van der Waals surface area contributed by atoms with Gasteiger partial charge < -0.3 is 4.74 Å². The fourth-order valence-corrected chi connectivity index (χ4v) is 3.07. The summed E-state index contributed by atoms with van der Waals surface area (Å²) in [4.78, 5) is 4.54. The second-order valence-corrected chi connectivity index (χ2v) is 5.43. The van der Waals surface area contributed by atoms with Crippen molar-refractivity contribution in [2.24, 2.45) is 4.99 Å². The molecule has 0 saturated carbocycles. The van der Waals surface area contributed by atoms with Crippen molar-refractivity contribution in [1.29, 1.82) is 0 Å². The van der Waals surface area contributed by atoms with Crippen LogP contribution in [0.4, 0.5) is 0 Å². The van der Waals surface area contributed by atoms with Gasteiger partial charge in [0, 0.05) is 16.1 Å². The lowest BCUT2D eigenvalue weighted by molar-refractivity contribution is 0.340. The van der Waals surface area contributed by atoms with Crippen LogP contribution in [0.2, 0.25) is 0 Å². The standard InChI is InChI=1S/C12H14BrNOS.BrH/c1-2-15-10-5-3-9(4-6-10)12-14-8-11(7-13)16-12;/h3-6,11H,2,7-8H2,1H3;1H. The first-order valence-electron chi connectivity index (χ1n) is 5.33. The van der Waals surface area contributed by atoms with Gasteiger partial charge in [0.15, 0.2) is 0 Å². The number of halogens is 2. The highest BCUT2D eigenvalue weighted by atomic mass is 79.9. The van der Waals surface area contributed by atoms with E-state index >= 15 is 0 Å². The maximum Gasteiger partial charge on any atom is 0.119 e. The third kappa shape index (κ3) is 4.00. The molecule has 2 rings (SSSR count). The summed E-state index contributed by atoms with van der Waals surface area (Å²) in [5.74, 6) is 0.923. The third-order valence-electron chi connectivity index (χ3n) is 2.30. The normalized spacial score (nSPS) is 18.5. The van der Waals surface area contributed by atoms with Crippen molar-refractivity contribution in [2.45, 2.75) is 12.2 Å². The average Bonchev–Trinajstić information content (AvgIpc) is 2.79. The Balaban J connectivity index is 0.00000144. The number of hydrogen-bond donors (Lipinski definition) is 0. The summed E-state index contributed by atoms with van der Waals surface area (Å²) < 4.78 is 5.41. The predicted octanol–water partition coefficient (Wildman–Crippen LogP) is 3.92. The fraction of sp³-hybridized carbons (Fsp3) is 0.417. The largest absolute Gasteiger partial charge is 0.494 e. The quantitative estimate of drug-likeness (QED) is 0.738. The summed E-state index contributed by atoms with van der Waals surface area (Å²) in [5, 5.41) is 2.73. The molecular weight excluding hydrogens is 366 g/mol. The van der Waals surface area contributed by atoms with Gasteiger partial charge in [0.1, 0.15) is 5.75 Å². The molecule has 0 bridgehead atoms. The van der Waals surface area contributed by atoms with Gasteiger partial charge in [-0.3, -0.25) is 4.99 Å². The Morgan fingerprint density at radius 3 is 2.65 bits per heavy atom. The second-order valence-electron chi connectivity index (χ2n) is 3.50. The van der Waals surface area contributed by atoms with E-state index in [4.69, 9.17) is 4.74 Å². The lowest BCUT2D eigenvalue weighted by Gasteiger charge is -2.05. The zero-order valence-electron chi connectivity index (χ0n) is 9.56. The van der Waals surface area contributed by atoms with Crippen LogP contribution >= 0.6 is 44.7 Å². The Kier molecular flexibility index (Phi) is 6.59. The molecule has 1 aliphatic heterocycles. The average molecular weight is 381 g/mol. The predicted molar refractivity (Wildman–Crippen MR) is 84.5 cm³/mol. The number of benzene rings is 1. The SMILES string of the molecule is Br.CCOc1ccc(C2=NCC(CBr)S2)cc1. The summed E-state index contributed by atoms with van der Waals surface area (Å²) in [6.45, 7) is 3.62. The van der Waals surface area contributed by atoms with Gasteiger partial charge in [-0.1, -0.05) is 15.9 Å². The molecule has 1 atom stereocenters. The highest BCUT2D eigenvalue weighted by molar-refractivity contribution is 9.09. The molecule has 1 unspecified atom stereocenters. The minimum Gasteiger partial charge on any atom is -0.494 e. The van der Waals surface area contributed by atoms with Gasteiger partial charge >= 0.3 is 0 Å². The molecule has 0 spiro atoms. The van der Waals surface area contributed by atoms with Gasteiger partial charge in [0.05, 0.1) is 18.2 Å². The van der Waals surface area contributed by atoms with E-state index in [9.17, 15) is 0 Å². The molecule has 1 aliphatic rings. The zero-order valence-corrected chi connectivity index (χ0v) is 13.7. The van der Waals surface area contributed by atoms with E-state index in [0.29, 0.717) is 11.9 Å². The fourth-order valence-electron chi connectivity index (χ4n) is 1.52. The van der Waals surface area contributed by atoms with Gasteiger partial charge in [-0.05, 0) is 31.2 Å². The Morgan fingerprint density at radius 2 is 2.12 bits per heavy atom. The molecule has 0 amide bonds. The maximum atomic E-state index is 5.41. The van der Waals surface area contributed by atoms with Crippen molar-refractivity contribution in [2.75, 3.05) is 18.5 Å². The summed E-state index contributed by atoms with van der Waals surface area (Å²) in [7, 11) is 0. The number of thioether (sulfide) groups is 1. The van der Waals surface area contributed by atoms with Gasteiger partial charge in [-0.25, -0.2) is 0 Å². The summed E-state index contributed by atoms with van der Waals surface area (Å²) in [5.41, 5.74) is 1.19. The first kappa shape index (κ1) is 15.1. The first-order chi connectivity index (χ1) is 7.83. The summed E-state index contributed by atoms with van der Waals surface area (Å²) in [6.07, 6.45) is 0. The molecule has 0 saturated heterocycles.